The van der Waals surface area contributed by atoms with Gasteiger partial charge in [-0.15, -0.1) is 0 Å². The number of nitrogens with zero attached hydrogens (tertiary/aromatic N) is 1. The van der Waals surface area contributed by atoms with E-state index in [1.165, 1.54) is 5.39 Å². The summed E-state index contributed by atoms with van der Waals surface area (Å²) in [5.41, 5.74) is 1.86. The third kappa shape index (κ3) is 1.93. The molecule has 88 valence electrons. The number of hydrogen-bond acceptors (Lipinski definition) is 1. The minimum Gasteiger partial charge on any atom is -0.340 e. The molecule has 0 amide bonds. The molecule has 0 atom stereocenters. The summed E-state index contributed by atoms with van der Waals surface area (Å²) in [7, 11) is 0. The van der Waals surface area contributed by atoms with E-state index in [1.54, 1.807) is 0 Å². The second-order valence-corrected chi connectivity index (χ2v) is 4.29. The Bertz CT molecular complexity index is 682. The van der Waals surface area contributed by atoms with Crippen LogP contribution in [0.3, 0.4) is 0 Å². The van der Waals surface area contributed by atoms with E-state index in [-0.39, 0.29) is 5.78 Å². The van der Waals surface area contributed by atoms with E-state index in [1.807, 2.05) is 65.4 Å². The number of ketones is 1. The molecule has 0 N–H and O–H groups in total. The highest BCUT2D eigenvalue weighted by atomic mass is 16.1. The quantitative estimate of drug-likeness (QED) is 0.636. The zero-order valence-electron chi connectivity index (χ0n) is 9.91. The number of hydrogen-bond donors (Lipinski definition) is 0. The van der Waals surface area contributed by atoms with Crippen molar-refractivity contribution < 1.29 is 4.79 Å². The number of aromatic nitrogens is 1. The van der Waals surface area contributed by atoms with E-state index in [9.17, 15) is 4.79 Å². The molecule has 1 heterocycles. The van der Waals surface area contributed by atoms with Crippen LogP contribution in [0.2, 0.25) is 0 Å². The maximum atomic E-state index is 12.1. The fourth-order valence-corrected chi connectivity index (χ4v) is 2.15. The van der Waals surface area contributed by atoms with Crippen molar-refractivity contribution in [1.82, 2.24) is 4.57 Å². The normalized spacial score (nSPS) is 10.7. The lowest BCUT2D eigenvalue weighted by Gasteiger charge is -2.04. The first kappa shape index (κ1) is 10.8. The van der Waals surface area contributed by atoms with Crippen LogP contribution in [0.25, 0.3) is 10.9 Å². The highest BCUT2D eigenvalue weighted by molar-refractivity contribution is 5.96. The van der Waals surface area contributed by atoms with Gasteiger partial charge in [0.05, 0.1) is 6.54 Å². The summed E-state index contributed by atoms with van der Waals surface area (Å²) in [5, 5.41) is 1.17. The molecule has 0 saturated carbocycles. The van der Waals surface area contributed by atoms with Crippen molar-refractivity contribution in [3.05, 3.63) is 72.4 Å². The molecule has 2 nitrogen and oxygen atoms in total. The smallest absolute Gasteiger partial charge is 0.182 e. The first-order chi connectivity index (χ1) is 8.84. The lowest BCUT2D eigenvalue weighted by atomic mass is 10.1. The van der Waals surface area contributed by atoms with Gasteiger partial charge in [-0.05, 0) is 17.5 Å². The lowest BCUT2D eigenvalue weighted by molar-refractivity contribution is 0.0973. The fraction of sp³-hybridized carbons (Fsp3) is 0.0625. The summed E-state index contributed by atoms with van der Waals surface area (Å²) in [6.07, 6.45) is 1.96. The average molecular weight is 235 g/mol. The van der Waals surface area contributed by atoms with Gasteiger partial charge in [-0.3, -0.25) is 4.79 Å². The minimum atomic E-state index is 0.136. The molecular formula is C16H13NO. The van der Waals surface area contributed by atoms with Gasteiger partial charge >= 0.3 is 0 Å². The Labute approximate surface area is 105 Å². The van der Waals surface area contributed by atoms with Gasteiger partial charge in [0.15, 0.2) is 5.78 Å². The van der Waals surface area contributed by atoms with E-state index in [0.29, 0.717) is 6.54 Å². The standard InChI is InChI=1S/C16H13NO/c18-16(14-7-2-1-3-8-14)12-17-11-10-13-6-4-5-9-15(13)17/h1-11H,12H2. The van der Waals surface area contributed by atoms with Crippen LogP contribution in [0.5, 0.6) is 0 Å². The molecule has 0 aliphatic rings. The maximum Gasteiger partial charge on any atom is 0.182 e. The van der Waals surface area contributed by atoms with Crippen LogP contribution in [0.1, 0.15) is 10.4 Å². The van der Waals surface area contributed by atoms with Crippen LogP contribution >= 0.6 is 0 Å². The van der Waals surface area contributed by atoms with Gasteiger partial charge in [0, 0.05) is 17.3 Å². The minimum absolute atomic E-state index is 0.136. The van der Waals surface area contributed by atoms with E-state index < -0.39 is 0 Å². The SMILES string of the molecule is O=C(Cn1ccc2ccccc21)c1ccccc1. The van der Waals surface area contributed by atoms with Crippen molar-refractivity contribution in [2.45, 2.75) is 6.54 Å². The molecule has 0 unspecified atom stereocenters. The van der Waals surface area contributed by atoms with E-state index in [4.69, 9.17) is 0 Å². The van der Waals surface area contributed by atoms with Gasteiger partial charge in [0.1, 0.15) is 0 Å². The number of rotatable bonds is 3. The lowest BCUT2D eigenvalue weighted by Crippen LogP contribution is -2.09. The third-order valence-corrected chi connectivity index (χ3v) is 3.09. The predicted octanol–water partition coefficient (Wildman–Crippen LogP) is 3.52. The predicted molar refractivity (Wildman–Crippen MR) is 72.7 cm³/mol. The molecule has 0 saturated heterocycles. The topological polar surface area (TPSA) is 22.0 Å². The summed E-state index contributed by atoms with van der Waals surface area (Å²) >= 11 is 0. The van der Waals surface area contributed by atoms with Crippen LogP contribution in [-0.4, -0.2) is 10.4 Å². The van der Waals surface area contributed by atoms with Crippen LogP contribution in [0.4, 0.5) is 0 Å². The number of para-hydroxylation sites is 1. The monoisotopic (exact) mass is 235 g/mol. The van der Waals surface area contributed by atoms with Crippen LogP contribution in [0.15, 0.2) is 66.9 Å². The Balaban J connectivity index is 1.91. The fourth-order valence-electron chi connectivity index (χ4n) is 2.15. The molecule has 18 heavy (non-hydrogen) atoms. The van der Waals surface area contributed by atoms with E-state index in [2.05, 4.69) is 6.07 Å². The van der Waals surface area contributed by atoms with Gasteiger partial charge in [-0.2, -0.15) is 0 Å². The van der Waals surface area contributed by atoms with E-state index >= 15 is 0 Å². The zero-order valence-corrected chi connectivity index (χ0v) is 9.91. The molecule has 0 aliphatic carbocycles. The van der Waals surface area contributed by atoms with Gasteiger partial charge in [0.25, 0.3) is 0 Å². The summed E-state index contributed by atoms with van der Waals surface area (Å²) < 4.78 is 1.99. The second kappa shape index (κ2) is 4.49. The molecule has 2 aromatic carbocycles. The Kier molecular flexibility index (Phi) is 2.69. The first-order valence-electron chi connectivity index (χ1n) is 5.97. The van der Waals surface area contributed by atoms with Gasteiger partial charge in [-0.25, -0.2) is 0 Å². The first-order valence-corrected chi connectivity index (χ1v) is 5.97. The highest BCUT2D eigenvalue weighted by Gasteiger charge is 2.07. The van der Waals surface area contributed by atoms with E-state index in [0.717, 1.165) is 11.1 Å². The summed E-state index contributed by atoms with van der Waals surface area (Å²) in [6.45, 7) is 0.386. The van der Waals surface area contributed by atoms with Crippen LogP contribution < -0.4 is 0 Å². The van der Waals surface area contributed by atoms with Gasteiger partial charge in [0.2, 0.25) is 0 Å². The molecule has 3 aromatic rings. The number of carbonyl (C=O) groups excluding carboxylic acids is 1. The molecular weight excluding hydrogens is 222 g/mol. The van der Waals surface area contributed by atoms with Crippen molar-refractivity contribution in [3.8, 4) is 0 Å². The highest BCUT2D eigenvalue weighted by Crippen LogP contribution is 2.15. The Morgan fingerprint density at radius 3 is 2.44 bits per heavy atom. The average Bonchev–Trinajstić information content (AvgIpc) is 2.83. The Hall–Kier alpha value is -2.35. The molecule has 0 aliphatic heterocycles. The number of carbonyl (C=O) groups is 1. The largest absolute Gasteiger partial charge is 0.340 e. The molecule has 0 bridgehead atoms. The number of fused-ring (bicyclic) bond motifs is 1. The molecule has 2 heteroatoms. The van der Waals surface area contributed by atoms with Crippen LogP contribution in [0, 0.1) is 0 Å². The Morgan fingerprint density at radius 2 is 1.61 bits per heavy atom. The van der Waals surface area contributed by atoms with Crippen molar-refractivity contribution in [3.63, 3.8) is 0 Å². The van der Waals surface area contributed by atoms with Crippen molar-refractivity contribution in [2.24, 2.45) is 0 Å². The number of Topliss-reactive ketones (excluding diaryl/α,β-unsaturated/α-hetero) is 1. The van der Waals surface area contributed by atoms with Gasteiger partial charge < -0.3 is 4.57 Å². The van der Waals surface area contributed by atoms with Crippen molar-refractivity contribution >= 4 is 16.7 Å². The van der Waals surface area contributed by atoms with Crippen LogP contribution in [-0.2, 0) is 6.54 Å². The zero-order chi connectivity index (χ0) is 12.4. The molecule has 0 fully saturated rings. The summed E-state index contributed by atoms with van der Waals surface area (Å²) in [6, 6.07) is 19.5. The Morgan fingerprint density at radius 1 is 0.889 bits per heavy atom. The number of benzene rings is 2. The van der Waals surface area contributed by atoms with Crippen molar-refractivity contribution in [2.75, 3.05) is 0 Å². The second-order valence-electron chi connectivity index (χ2n) is 4.29. The maximum absolute atomic E-state index is 12.1. The third-order valence-electron chi connectivity index (χ3n) is 3.09. The molecule has 1 aromatic heterocycles. The summed E-state index contributed by atoms with van der Waals surface area (Å²) in [4.78, 5) is 12.1. The molecule has 0 spiro atoms. The summed E-state index contributed by atoms with van der Waals surface area (Å²) in [5.74, 6) is 0.136. The molecule has 0 radical (unpaired) electrons. The van der Waals surface area contributed by atoms with Gasteiger partial charge in [-0.1, -0.05) is 48.5 Å². The molecule has 3 rings (SSSR count). The van der Waals surface area contributed by atoms with Crippen molar-refractivity contribution in [1.29, 1.82) is 0 Å².